The van der Waals surface area contributed by atoms with Crippen LogP contribution in [0, 0.1) is 0 Å². The Bertz CT molecular complexity index is 969. The van der Waals surface area contributed by atoms with Gasteiger partial charge in [0.1, 0.15) is 5.69 Å². The number of nitrogens with one attached hydrogen (secondary N) is 2. The topological polar surface area (TPSA) is 99.6 Å². The number of phenols is 1. The highest BCUT2D eigenvalue weighted by molar-refractivity contribution is 6.33. The van der Waals surface area contributed by atoms with E-state index in [9.17, 15) is 9.90 Å². The van der Waals surface area contributed by atoms with Crippen LogP contribution >= 0.6 is 11.6 Å². The Morgan fingerprint density at radius 1 is 1.31 bits per heavy atom. The van der Waals surface area contributed by atoms with Crippen LogP contribution in [0.2, 0.25) is 5.02 Å². The van der Waals surface area contributed by atoms with Crippen LogP contribution in [0.15, 0.2) is 53.6 Å². The third-order valence-electron chi connectivity index (χ3n) is 3.59. The molecule has 26 heavy (non-hydrogen) atoms. The number of hydrogen-bond acceptors (Lipinski definition) is 5. The summed E-state index contributed by atoms with van der Waals surface area (Å²) in [6, 6.07) is 13.7. The molecule has 1 amide bonds. The van der Waals surface area contributed by atoms with Crippen molar-refractivity contribution in [3.8, 4) is 22.8 Å². The van der Waals surface area contributed by atoms with Crippen molar-refractivity contribution in [2.24, 2.45) is 5.10 Å². The number of rotatable bonds is 5. The van der Waals surface area contributed by atoms with Crippen molar-refractivity contribution < 1.29 is 14.6 Å². The lowest BCUT2D eigenvalue weighted by molar-refractivity contribution is 0.0950. The molecule has 1 aromatic heterocycles. The van der Waals surface area contributed by atoms with Gasteiger partial charge in [-0.2, -0.15) is 10.2 Å². The molecule has 0 saturated carbocycles. The molecule has 0 spiro atoms. The fourth-order valence-electron chi connectivity index (χ4n) is 2.27. The molecule has 0 saturated heterocycles. The average Bonchev–Trinajstić information content (AvgIpc) is 3.13. The number of carbonyl (C=O) groups excluding carboxylic acids is 1. The fourth-order valence-corrected chi connectivity index (χ4v) is 2.51. The fraction of sp³-hybridized carbons (Fsp3) is 0.0556. The van der Waals surface area contributed by atoms with Crippen LogP contribution < -0.4 is 10.2 Å². The van der Waals surface area contributed by atoms with Crippen molar-refractivity contribution in [2.45, 2.75) is 0 Å². The lowest BCUT2D eigenvalue weighted by Crippen LogP contribution is -2.18. The van der Waals surface area contributed by atoms with E-state index in [-0.39, 0.29) is 11.4 Å². The number of methoxy groups -OCH3 is 1. The van der Waals surface area contributed by atoms with Crippen LogP contribution in [0.3, 0.4) is 0 Å². The maximum Gasteiger partial charge on any atom is 0.289 e. The summed E-state index contributed by atoms with van der Waals surface area (Å²) in [4.78, 5) is 12.2. The minimum atomic E-state index is -0.477. The number of halogens is 1. The number of aromatic amines is 1. The van der Waals surface area contributed by atoms with E-state index in [4.69, 9.17) is 16.3 Å². The van der Waals surface area contributed by atoms with Crippen molar-refractivity contribution in [2.75, 3.05) is 7.11 Å². The number of H-pyrrole nitrogens is 1. The zero-order valence-corrected chi connectivity index (χ0v) is 14.5. The second kappa shape index (κ2) is 7.71. The van der Waals surface area contributed by atoms with Crippen molar-refractivity contribution in [1.29, 1.82) is 0 Å². The Hall–Kier alpha value is -3.32. The maximum atomic E-state index is 12.2. The number of hydrazone groups is 1. The molecule has 0 aliphatic rings. The third kappa shape index (κ3) is 3.68. The van der Waals surface area contributed by atoms with Gasteiger partial charge in [-0.15, -0.1) is 0 Å². The summed E-state index contributed by atoms with van der Waals surface area (Å²) in [6.45, 7) is 0. The van der Waals surface area contributed by atoms with Crippen LogP contribution in [-0.2, 0) is 0 Å². The highest BCUT2D eigenvalue weighted by Gasteiger charge is 2.12. The summed E-state index contributed by atoms with van der Waals surface area (Å²) in [5.41, 5.74) is 4.27. The second-order valence-corrected chi connectivity index (χ2v) is 5.65. The van der Waals surface area contributed by atoms with Gasteiger partial charge < -0.3 is 9.84 Å². The van der Waals surface area contributed by atoms with Gasteiger partial charge in [-0.1, -0.05) is 35.9 Å². The van der Waals surface area contributed by atoms with E-state index in [0.29, 0.717) is 27.6 Å². The Balaban J connectivity index is 1.71. The van der Waals surface area contributed by atoms with Crippen LogP contribution in [-0.4, -0.2) is 34.5 Å². The van der Waals surface area contributed by atoms with Crippen molar-refractivity contribution in [3.63, 3.8) is 0 Å². The molecule has 3 rings (SSSR count). The zero-order valence-electron chi connectivity index (χ0n) is 13.7. The summed E-state index contributed by atoms with van der Waals surface area (Å²) < 4.78 is 5.01. The van der Waals surface area contributed by atoms with E-state index >= 15 is 0 Å². The molecule has 2 aromatic carbocycles. The molecule has 0 atom stereocenters. The molecular weight excluding hydrogens is 356 g/mol. The van der Waals surface area contributed by atoms with Gasteiger partial charge in [-0.25, -0.2) is 5.43 Å². The summed E-state index contributed by atoms with van der Waals surface area (Å²) in [5, 5.41) is 21.1. The maximum absolute atomic E-state index is 12.2. The summed E-state index contributed by atoms with van der Waals surface area (Å²) >= 11 is 6.13. The van der Waals surface area contributed by atoms with Crippen LogP contribution in [0.1, 0.15) is 16.1 Å². The molecule has 7 nitrogen and oxygen atoms in total. The highest BCUT2D eigenvalue weighted by atomic mass is 35.5. The number of amides is 1. The molecule has 3 N–H and O–H groups in total. The van der Waals surface area contributed by atoms with Gasteiger partial charge in [0.25, 0.3) is 5.91 Å². The van der Waals surface area contributed by atoms with Crippen molar-refractivity contribution in [3.05, 3.63) is 64.8 Å². The van der Waals surface area contributed by atoms with Crippen molar-refractivity contribution >= 4 is 23.7 Å². The minimum Gasteiger partial charge on any atom is -0.504 e. The van der Waals surface area contributed by atoms with Gasteiger partial charge in [-0.05, 0) is 24.3 Å². The first-order valence-corrected chi connectivity index (χ1v) is 7.97. The normalized spacial score (nSPS) is 10.8. The number of benzene rings is 2. The highest BCUT2D eigenvalue weighted by Crippen LogP contribution is 2.28. The first kappa shape index (κ1) is 17.5. The Kier molecular flexibility index (Phi) is 5.19. The average molecular weight is 371 g/mol. The van der Waals surface area contributed by atoms with Gasteiger partial charge in [0, 0.05) is 11.1 Å². The number of nitrogens with zero attached hydrogens (tertiary/aromatic N) is 2. The number of aromatic nitrogens is 2. The van der Waals surface area contributed by atoms with E-state index in [2.05, 4.69) is 20.7 Å². The smallest absolute Gasteiger partial charge is 0.289 e. The standard InChI is InChI=1S/C18H15ClN4O3/c1-26-16-8-4-5-11(17(16)24)10-20-23-18(25)15-9-14(21-22-15)12-6-2-3-7-13(12)19/h2-10,24H,1H3,(H,21,22)(H,23,25). The molecule has 0 aliphatic heterocycles. The van der Waals surface area contributed by atoms with E-state index in [1.165, 1.54) is 13.3 Å². The summed E-state index contributed by atoms with van der Waals surface area (Å²) in [5.74, 6) is -0.219. The quantitative estimate of drug-likeness (QED) is 0.474. The number of ether oxygens (including phenoxy) is 1. The molecule has 0 radical (unpaired) electrons. The first-order valence-electron chi connectivity index (χ1n) is 7.60. The number of para-hydroxylation sites is 1. The third-order valence-corrected chi connectivity index (χ3v) is 3.92. The number of hydrogen-bond donors (Lipinski definition) is 3. The number of phenolic OH excluding ortho intramolecular Hbond substituents is 1. The van der Waals surface area contributed by atoms with Crippen LogP contribution in [0.4, 0.5) is 0 Å². The molecule has 3 aromatic rings. The van der Waals surface area contributed by atoms with Gasteiger partial charge in [0.05, 0.1) is 24.0 Å². The molecule has 8 heteroatoms. The summed E-state index contributed by atoms with van der Waals surface area (Å²) in [6.07, 6.45) is 1.32. The van der Waals surface area contributed by atoms with Gasteiger partial charge in [-0.3, -0.25) is 9.89 Å². The molecule has 0 fully saturated rings. The van der Waals surface area contributed by atoms with Crippen LogP contribution in [0.25, 0.3) is 11.3 Å². The van der Waals surface area contributed by atoms with Crippen LogP contribution in [0.5, 0.6) is 11.5 Å². The first-order chi connectivity index (χ1) is 12.6. The molecule has 0 bridgehead atoms. The molecule has 132 valence electrons. The second-order valence-electron chi connectivity index (χ2n) is 5.24. The van der Waals surface area contributed by atoms with Gasteiger partial charge in [0.2, 0.25) is 0 Å². The Morgan fingerprint density at radius 3 is 2.88 bits per heavy atom. The van der Waals surface area contributed by atoms with E-state index in [1.807, 2.05) is 18.2 Å². The Morgan fingerprint density at radius 2 is 2.12 bits per heavy atom. The van der Waals surface area contributed by atoms with E-state index < -0.39 is 5.91 Å². The predicted octanol–water partition coefficient (Wildman–Crippen LogP) is 3.21. The largest absolute Gasteiger partial charge is 0.504 e. The van der Waals surface area contributed by atoms with Crippen molar-refractivity contribution in [1.82, 2.24) is 15.6 Å². The molecule has 1 heterocycles. The van der Waals surface area contributed by atoms with Gasteiger partial charge >= 0.3 is 0 Å². The number of carbonyl (C=O) groups is 1. The minimum absolute atomic E-state index is 0.0597. The monoisotopic (exact) mass is 370 g/mol. The SMILES string of the molecule is COc1cccc(C=NNC(=O)c2cc(-c3ccccc3Cl)n[nH]2)c1O. The van der Waals surface area contributed by atoms with E-state index in [0.717, 1.165) is 0 Å². The molecule has 0 aliphatic carbocycles. The predicted molar refractivity (Wildman–Crippen MR) is 98.8 cm³/mol. The Labute approximate surface area is 154 Å². The lowest BCUT2D eigenvalue weighted by Gasteiger charge is -2.04. The zero-order chi connectivity index (χ0) is 18.5. The summed E-state index contributed by atoms with van der Waals surface area (Å²) in [7, 11) is 1.45. The molecular formula is C18H15ClN4O3. The lowest BCUT2D eigenvalue weighted by atomic mass is 10.1. The van der Waals surface area contributed by atoms with E-state index in [1.54, 1.807) is 30.3 Å². The van der Waals surface area contributed by atoms with Gasteiger partial charge in [0.15, 0.2) is 11.5 Å². The number of aromatic hydroxyl groups is 1. The molecule has 0 unspecified atom stereocenters.